The number of rotatable bonds is 12. The lowest BCUT2D eigenvalue weighted by molar-refractivity contribution is -0.152. The van der Waals surface area contributed by atoms with E-state index in [1.54, 1.807) is 0 Å². The average Bonchev–Trinajstić information content (AvgIpc) is 3.41. The quantitative estimate of drug-likeness (QED) is 0.173. The number of fused-ring (bicyclic) bond motifs is 1. The van der Waals surface area contributed by atoms with E-state index in [4.69, 9.17) is 18.9 Å². The van der Waals surface area contributed by atoms with Crippen LogP contribution in [0, 0.1) is 11.8 Å². The Bertz CT molecular complexity index is 1360. The molecule has 1 atom stereocenters. The zero-order chi connectivity index (χ0) is 30.5. The summed E-state index contributed by atoms with van der Waals surface area (Å²) in [6.45, 7) is 8.83. The molecule has 3 aromatic rings. The van der Waals surface area contributed by atoms with E-state index in [-0.39, 0.29) is 19.2 Å². The summed E-state index contributed by atoms with van der Waals surface area (Å²) in [5.41, 5.74) is 4.59. The standard InChI is InChI=1S/C35H40N2O6/c1-35(2,3)43-34(39)36-19-21-41-23-22-40-20-9-12-27-15-17-29(18-16-27)32(33(38)42-26-28-10-5-4-6-11-28)37-24-30-13-7-8-14-31(30)25-37/h4-8,10-11,13-18,32H,19-26H2,1-3H3,(H,36,39)/t32-/m0/s1. The molecule has 0 radical (unpaired) electrons. The number of ether oxygens (including phenoxy) is 4. The number of carbonyl (C=O) groups excluding carboxylic acids is 2. The number of benzene rings is 3. The minimum atomic E-state index is -0.527. The molecule has 0 bridgehead atoms. The van der Waals surface area contributed by atoms with Crippen LogP contribution in [0.2, 0.25) is 0 Å². The zero-order valence-electron chi connectivity index (χ0n) is 25.1. The molecule has 0 spiro atoms. The van der Waals surface area contributed by atoms with Crippen LogP contribution in [0.1, 0.15) is 54.6 Å². The van der Waals surface area contributed by atoms with Gasteiger partial charge in [0, 0.05) is 25.2 Å². The second kappa shape index (κ2) is 15.9. The number of carbonyl (C=O) groups is 2. The highest BCUT2D eigenvalue weighted by atomic mass is 16.6. The van der Waals surface area contributed by atoms with Crippen LogP contribution in [0.3, 0.4) is 0 Å². The van der Waals surface area contributed by atoms with Crippen molar-refractivity contribution in [1.82, 2.24) is 10.2 Å². The molecule has 0 saturated heterocycles. The Morgan fingerprint density at radius 1 is 0.860 bits per heavy atom. The van der Waals surface area contributed by atoms with Gasteiger partial charge in [-0.1, -0.05) is 78.6 Å². The number of alkyl carbamates (subject to hydrolysis) is 1. The second-order valence-corrected chi connectivity index (χ2v) is 11.2. The topological polar surface area (TPSA) is 86.3 Å². The van der Waals surface area contributed by atoms with Gasteiger partial charge in [0.15, 0.2) is 0 Å². The van der Waals surface area contributed by atoms with Gasteiger partial charge in [-0.05, 0) is 55.2 Å². The minimum Gasteiger partial charge on any atom is -0.459 e. The number of amides is 1. The third-order valence-corrected chi connectivity index (χ3v) is 6.60. The summed E-state index contributed by atoms with van der Waals surface area (Å²) in [5, 5.41) is 2.64. The molecule has 0 unspecified atom stereocenters. The summed E-state index contributed by atoms with van der Waals surface area (Å²) in [6.07, 6.45) is -0.462. The highest BCUT2D eigenvalue weighted by Gasteiger charge is 2.33. The summed E-state index contributed by atoms with van der Waals surface area (Å²) in [7, 11) is 0. The van der Waals surface area contributed by atoms with Crippen molar-refractivity contribution in [3.8, 4) is 11.8 Å². The van der Waals surface area contributed by atoms with Crippen molar-refractivity contribution in [2.75, 3.05) is 33.0 Å². The van der Waals surface area contributed by atoms with E-state index < -0.39 is 17.7 Å². The average molecular weight is 585 g/mol. The van der Waals surface area contributed by atoms with Crippen LogP contribution in [0.25, 0.3) is 0 Å². The number of nitrogens with one attached hydrogen (secondary N) is 1. The highest BCUT2D eigenvalue weighted by molar-refractivity contribution is 5.78. The molecule has 3 aromatic carbocycles. The van der Waals surface area contributed by atoms with Gasteiger partial charge >= 0.3 is 12.1 Å². The van der Waals surface area contributed by atoms with E-state index in [2.05, 4.69) is 34.2 Å². The predicted octanol–water partition coefficient (Wildman–Crippen LogP) is 5.40. The van der Waals surface area contributed by atoms with Gasteiger partial charge in [0.05, 0.1) is 19.8 Å². The molecule has 0 aliphatic carbocycles. The van der Waals surface area contributed by atoms with E-state index in [1.165, 1.54) is 11.1 Å². The molecule has 8 nitrogen and oxygen atoms in total. The first-order valence-electron chi connectivity index (χ1n) is 14.5. The van der Waals surface area contributed by atoms with Gasteiger partial charge in [-0.3, -0.25) is 4.90 Å². The van der Waals surface area contributed by atoms with Crippen LogP contribution in [-0.4, -0.2) is 55.5 Å². The third-order valence-electron chi connectivity index (χ3n) is 6.60. The van der Waals surface area contributed by atoms with Crippen molar-refractivity contribution in [3.05, 3.63) is 107 Å². The lowest BCUT2D eigenvalue weighted by Gasteiger charge is -2.26. The molecular weight excluding hydrogens is 544 g/mol. The Morgan fingerprint density at radius 3 is 2.19 bits per heavy atom. The van der Waals surface area contributed by atoms with Gasteiger partial charge in [0.25, 0.3) is 0 Å². The van der Waals surface area contributed by atoms with Crippen LogP contribution in [0.5, 0.6) is 0 Å². The van der Waals surface area contributed by atoms with Crippen LogP contribution < -0.4 is 5.32 Å². The van der Waals surface area contributed by atoms with Gasteiger partial charge < -0.3 is 24.3 Å². The van der Waals surface area contributed by atoms with Gasteiger partial charge in [-0.25, -0.2) is 9.59 Å². The van der Waals surface area contributed by atoms with Crippen LogP contribution in [0.15, 0.2) is 78.9 Å². The molecule has 226 valence electrons. The molecule has 1 aliphatic rings. The van der Waals surface area contributed by atoms with Crippen LogP contribution in [-0.2, 0) is 43.4 Å². The molecule has 0 fully saturated rings. The first-order valence-corrected chi connectivity index (χ1v) is 14.5. The van der Waals surface area contributed by atoms with Gasteiger partial charge in [-0.15, -0.1) is 0 Å². The normalized spacial score (nSPS) is 13.4. The van der Waals surface area contributed by atoms with Crippen molar-refractivity contribution in [2.24, 2.45) is 0 Å². The molecule has 1 heterocycles. The number of nitrogens with zero attached hydrogens (tertiary/aromatic N) is 1. The summed E-state index contributed by atoms with van der Waals surface area (Å²) in [6, 6.07) is 25.2. The van der Waals surface area contributed by atoms with E-state index in [1.807, 2.05) is 87.5 Å². The summed E-state index contributed by atoms with van der Waals surface area (Å²) >= 11 is 0. The molecule has 8 heteroatoms. The van der Waals surface area contributed by atoms with Gasteiger partial charge in [0.1, 0.15) is 24.9 Å². The Labute approximate surface area is 254 Å². The van der Waals surface area contributed by atoms with E-state index >= 15 is 0 Å². The fourth-order valence-corrected chi connectivity index (χ4v) is 4.62. The van der Waals surface area contributed by atoms with E-state index in [0.29, 0.717) is 39.5 Å². The number of hydrogen-bond acceptors (Lipinski definition) is 7. The van der Waals surface area contributed by atoms with Crippen LogP contribution >= 0.6 is 0 Å². The van der Waals surface area contributed by atoms with Crippen molar-refractivity contribution < 1.29 is 28.5 Å². The fourth-order valence-electron chi connectivity index (χ4n) is 4.62. The molecule has 43 heavy (non-hydrogen) atoms. The Kier molecular flexibility index (Phi) is 11.7. The third kappa shape index (κ3) is 10.6. The Balaban J connectivity index is 1.24. The largest absolute Gasteiger partial charge is 0.459 e. The maximum Gasteiger partial charge on any atom is 0.407 e. The first-order chi connectivity index (χ1) is 20.8. The molecule has 4 rings (SSSR count). The van der Waals surface area contributed by atoms with Crippen molar-refractivity contribution >= 4 is 12.1 Å². The van der Waals surface area contributed by atoms with Crippen molar-refractivity contribution in [3.63, 3.8) is 0 Å². The van der Waals surface area contributed by atoms with Crippen molar-refractivity contribution in [2.45, 2.75) is 52.1 Å². The van der Waals surface area contributed by atoms with Gasteiger partial charge in [0.2, 0.25) is 0 Å². The number of esters is 1. The maximum atomic E-state index is 13.4. The number of hydrogen-bond donors (Lipinski definition) is 1. The molecule has 1 amide bonds. The summed E-state index contributed by atoms with van der Waals surface area (Å²) < 4.78 is 21.9. The molecule has 0 saturated carbocycles. The summed E-state index contributed by atoms with van der Waals surface area (Å²) in [4.78, 5) is 27.2. The lowest BCUT2D eigenvalue weighted by atomic mass is 10.0. The van der Waals surface area contributed by atoms with E-state index in [0.717, 1.165) is 16.7 Å². The second-order valence-electron chi connectivity index (χ2n) is 11.2. The molecule has 1 N–H and O–H groups in total. The van der Waals surface area contributed by atoms with E-state index in [9.17, 15) is 9.59 Å². The first kappa shape index (κ1) is 31.8. The summed E-state index contributed by atoms with van der Waals surface area (Å²) in [5.74, 6) is 5.85. The Hall–Kier alpha value is -4.16. The Morgan fingerprint density at radius 2 is 1.51 bits per heavy atom. The fraction of sp³-hybridized carbons (Fsp3) is 0.371. The maximum absolute atomic E-state index is 13.4. The molecular formula is C35H40N2O6. The highest BCUT2D eigenvalue weighted by Crippen LogP contribution is 2.32. The molecule has 1 aliphatic heterocycles. The molecule has 0 aromatic heterocycles. The van der Waals surface area contributed by atoms with Crippen LogP contribution in [0.4, 0.5) is 4.79 Å². The SMILES string of the molecule is CC(C)(C)OC(=O)NCCOCCOCC#Cc1ccc([C@@H](C(=O)OCc2ccccc2)N2Cc3ccccc3C2)cc1. The minimum absolute atomic E-state index is 0.231. The van der Waals surface area contributed by atoms with Crippen molar-refractivity contribution in [1.29, 1.82) is 0 Å². The monoisotopic (exact) mass is 584 g/mol. The smallest absolute Gasteiger partial charge is 0.407 e. The lowest BCUT2D eigenvalue weighted by Crippen LogP contribution is -2.34. The van der Waals surface area contributed by atoms with Gasteiger partial charge in [-0.2, -0.15) is 0 Å². The zero-order valence-corrected chi connectivity index (χ0v) is 25.1. The predicted molar refractivity (Wildman–Crippen MR) is 164 cm³/mol.